The predicted molar refractivity (Wildman–Crippen MR) is 149 cm³/mol. The minimum absolute atomic E-state index is 0.138. The van der Waals surface area contributed by atoms with E-state index in [0.717, 1.165) is 11.4 Å². The van der Waals surface area contributed by atoms with Gasteiger partial charge in [0.15, 0.2) is 10.9 Å². The Labute approximate surface area is 218 Å². The molecule has 0 aliphatic rings. The van der Waals surface area contributed by atoms with Gasteiger partial charge in [0.1, 0.15) is 12.4 Å². The summed E-state index contributed by atoms with van der Waals surface area (Å²) in [5, 5.41) is 7.89. The first-order chi connectivity index (χ1) is 17.6. The highest BCUT2D eigenvalue weighted by Gasteiger charge is 2.14. The summed E-state index contributed by atoms with van der Waals surface area (Å²) in [6.07, 6.45) is 0. The van der Waals surface area contributed by atoms with Crippen LogP contribution in [0.15, 0.2) is 108 Å². The van der Waals surface area contributed by atoms with Crippen molar-refractivity contribution in [1.29, 1.82) is 0 Å². The Bertz CT molecular complexity index is 1570. The van der Waals surface area contributed by atoms with E-state index >= 15 is 0 Å². The maximum absolute atomic E-state index is 13.5. The van der Waals surface area contributed by atoms with Gasteiger partial charge in [-0.1, -0.05) is 41.9 Å². The molecule has 4 aromatic carbocycles. The smallest absolute Gasteiger partial charge is 0.266 e. The van der Waals surface area contributed by atoms with Crippen molar-refractivity contribution in [3.63, 3.8) is 0 Å². The van der Waals surface area contributed by atoms with E-state index in [0.29, 0.717) is 38.3 Å². The molecule has 0 radical (unpaired) electrons. The summed E-state index contributed by atoms with van der Waals surface area (Å²) >= 11 is 11.4. The molecular formula is C28H21ClN4O2S. The van der Waals surface area contributed by atoms with Gasteiger partial charge < -0.3 is 15.4 Å². The lowest BCUT2D eigenvalue weighted by molar-refractivity contribution is 0.292. The molecule has 1 heterocycles. The molecule has 0 fully saturated rings. The second-order valence-corrected chi connectivity index (χ2v) is 8.77. The second kappa shape index (κ2) is 10.6. The summed E-state index contributed by atoms with van der Waals surface area (Å²) in [5.74, 6) is 1.20. The highest BCUT2D eigenvalue weighted by molar-refractivity contribution is 7.80. The largest absolute Gasteiger partial charge is 0.486 e. The summed E-state index contributed by atoms with van der Waals surface area (Å²) < 4.78 is 7.51. The fourth-order valence-electron chi connectivity index (χ4n) is 3.73. The lowest BCUT2D eigenvalue weighted by Gasteiger charge is -2.15. The van der Waals surface area contributed by atoms with Crippen LogP contribution >= 0.6 is 23.8 Å². The zero-order valence-electron chi connectivity index (χ0n) is 19.0. The number of ether oxygens (including phenoxy) is 1. The molecule has 0 bridgehead atoms. The molecule has 6 nitrogen and oxygen atoms in total. The van der Waals surface area contributed by atoms with Crippen molar-refractivity contribution >= 4 is 51.2 Å². The number of nitrogens with zero attached hydrogens (tertiary/aromatic N) is 2. The van der Waals surface area contributed by atoms with E-state index in [9.17, 15) is 4.79 Å². The van der Waals surface area contributed by atoms with Gasteiger partial charge in [-0.3, -0.25) is 9.36 Å². The van der Waals surface area contributed by atoms with Gasteiger partial charge in [0, 0.05) is 16.4 Å². The Morgan fingerprint density at radius 2 is 1.44 bits per heavy atom. The summed E-state index contributed by atoms with van der Waals surface area (Å²) in [5.41, 5.74) is 2.74. The standard InChI is InChI=1S/C28H21ClN4O2S/c29-19-10-12-20(13-11-19)30-28(36)31-21-14-16-22(17-15-21)33-26(18-35-23-6-2-1-3-7-23)32-25-9-5-4-8-24(25)27(33)34/h1-17H,18H2,(H2,30,31,36). The molecule has 0 unspecified atom stereocenters. The lowest BCUT2D eigenvalue weighted by atomic mass is 10.2. The monoisotopic (exact) mass is 512 g/mol. The molecule has 0 aliphatic heterocycles. The first-order valence-corrected chi connectivity index (χ1v) is 12.0. The van der Waals surface area contributed by atoms with Gasteiger partial charge in [-0.25, -0.2) is 4.98 Å². The minimum atomic E-state index is -0.159. The number of fused-ring (bicyclic) bond motifs is 1. The molecule has 178 valence electrons. The lowest BCUT2D eigenvalue weighted by Crippen LogP contribution is -2.25. The Morgan fingerprint density at radius 3 is 2.14 bits per heavy atom. The van der Waals surface area contributed by atoms with Crippen LogP contribution in [0.2, 0.25) is 5.02 Å². The summed E-state index contributed by atoms with van der Waals surface area (Å²) in [7, 11) is 0. The van der Waals surface area contributed by atoms with Crippen LogP contribution in [0.1, 0.15) is 5.82 Å². The van der Waals surface area contributed by atoms with Crippen molar-refractivity contribution < 1.29 is 4.74 Å². The van der Waals surface area contributed by atoms with Crippen molar-refractivity contribution in [2.75, 3.05) is 10.6 Å². The van der Waals surface area contributed by atoms with Crippen molar-refractivity contribution in [2.24, 2.45) is 0 Å². The number of para-hydroxylation sites is 2. The fraction of sp³-hybridized carbons (Fsp3) is 0.0357. The quantitative estimate of drug-likeness (QED) is 0.256. The average Bonchev–Trinajstić information content (AvgIpc) is 2.90. The van der Waals surface area contributed by atoms with Crippen LogP contribution in [0, 0.1) is 0 Å². The predicted octanol–water partition coefficient (Wildman–Crippen LogP) is 6.43. The van der Waals surface area contributed by atoms with E-state index in [1.54, 1.807) is 22.8 Å². The van der Waals surface area contributed by atoms with Crippen molar-refractivity contribution in [3.8, 4) is 11.4 Å². The zero-order valence-corrected chi connectivity index (χ0v) is 20.6. The van der Waals surface area contributed by atoms with Gasteiger partial charge in [0.25, 0.3) is 5.56 Å². The molecule has 0 aliphatic carbocycles. The molecule has 0 saturated heterocycles. The number of nitrogens with one attached hydrogen (secondary N) is 2. The first-order valence-electron chi connectivity index (χ1n) is 11.2. The number of aromatic nitrogens is 2. The second-order valence-electron chi connectivity index (χ2n) is 7.92. The van der Waals surface area contributed by atoms with E-state index < -0.39 is 0 Å². The Morgan fingerprint density at radius 1 is 0.833 bits per heavy atom. The molecule has 0 saturated carbocycles. The number of halogens is 1. The molecule has 0 amide bonds. The average molecular weight is 513 g/mol. The normalized spacial score (nSPS) is 10.7. The number of hydrogen-bond acceptors (Lipinski definition) is 4. The van der Waals surface area contributed by atoms with Crippen LogP contribution in [0.5, 0.6) is 5.75 Å². The Hall–Kier alpha value is -4.20. The SMILES string of the molecule is O=c1c2ccccc2nc(COc2ccccc2)n1-c1ccc(NC(=S)Nc2ccc(Cl)cc2)cc1. The topological polar surface area (TPSA) is 68.2 Å². The van der Waals surface area contributed by atoms with Gasteiger partial charge in [-0.2, -0.15) is 0 Å². The van der Waals surface area contributed by atoms with Crippen LogP contribution in [-0.4, -0.2) is 14.7 Å². The number of benzene rings is 4. The molecule has 0 atom stereocenters. The van der Waals surface area contributed by atoms with Crippen LogP contribution in [0.3, 0.4) is 0 Å². The molecular weight excluding hydrogens is 492 g/mol. The number of rotatable bonds is 6. The van der Waals surface area contributed by atoms with E-state index in [2.05, 4.69) is 10.6 Å². The van der Waals surface area contributed by atoms with Crippen molar-refractivity contribution in [1.82, 2.24) is 9.55 Å². The molecule has 5 rings (SSSR count). The van der Waals surface area contributed by atoms with E-state index in [1.807, 2.05) is 84.9 Å². The molecule has 1 aromatic heterocycles. The first kappa shape index (κ1) is 23.5. The van der Waals surface area contributed by atoms with Crippen molar-refractivity contribution in [2.45, 2.75) is 6.61 Å². The minimum Gasteiger partial charge on any atom is -0.486 e. The number of anilines is 2. The number of thiocarbonyl (C=S) groups is 1. The van der Waals surface area contributed by atoms with E-state index in [-0.39, 0.29) is 12.2 Å². The van der Waals surface area contributed by atoms with Gasteiger partial charge in [0.05, 0.1) is 16.6 Å². The summed E-state index contributed by atoms with van der Waals surface area (Å²) in [4.78, 5) is 18.2. The third kappa shape index (κ3) is 5.38. The van der Waals surface area contributed by atoms with Crippen molar-refractivity contribution in [3.05, 3.63) is 124 Å². The van der Waals surface area contributed by atoms with E-state index in [4.69, 9.17) is 33.5 Å². The van der Waals surface area contributed by atoms with Gasteiger partial charge in [0.2, 0.25) is 0 Å². The molecule has 8 heteroatoms. The van der Waals surface area contributed by atoms with Gasteiger partial charge in [-0.15, -0.1) is 0 Å². The van der Waals surface area contributed by atoms with Crippen LogP contribution < -0.4 is 20.9 Å². The molecule has 36 heavy (non-hydrogen) atoms. The van der Waals surface area contributed by atoms with Crippen LogP contribution in [-0.2, 0) is 6.61 Å². The fourth-order valence-corrected chi connectivity index (χ4v) is 4.09. The highest BCUT2D eigenvalue weighted by atomic mass is 35.5. The third-order valence-electron chi connectivity index (χ3n) is 5.44. The molecule has 2 N–H and O–H groups in total. The molecule has 0 spiro atoms. The summed E-state index contributed by atoms with van der Waals surface area (Å²) in [6.45, 7) is 0.138. The molecule has 5 aromatic rings. The zero-order chi connectivity index (χ0) is 24.9. The Kier molecular flexibility index (Phi) is 6.93. The van der Waals surface area contributed by atoms with Crippen LogP contribution in [0.25, 0.3) is 16.6 Å². The Balaban J connectivity index is 1.41. The summed E-state index contributed by atoms with van der Waals surface area (Å²) in [6, 6.07) is 31.4. The maximum atomic E-state index is 13.5. The third-order valence-corrected chi connectivity index (χ3v) is 5.90. The van der Waals surface area contributed by atoms with Crippen LogP contribution in [0.4, 0.5) is 11.4 Å². The van der Waals surface area contributed by atoms with Gasteiger partial charge in [-0.05, 0) is 85.0 Å². The van der Waals surface area contributed by atoms with E-state index in [1.165, 1.54) is 0 Å². The van der Waals surface area contributed by atoms with Gasteiger partial charge >= 0.3 is 0 Å². The highest BCUT2D eigenvalue weighted by Crippen LogP contribution is 2.19. The number of hydrogen-bond donors (Lipinski definition) is 2. The maximum Gasteiger partial charge on any atom is 0.266 e.